The highest BCUT2D eigenvalue weighted by Crippen LogP contribution is 2.39. The number of carbonyl (C=O) groups is 1. The second kappa shape index (κ2) is 9.46. The van der Waals surface area contributed by atoms with Crippen LogP contribution in [0.1, 0.15) is 28.4 Å². The Labute approximate surface area is 197 Å². The molecule has 4 aromatic rings. The molecule has 0 aliphatic carbocycles. The molecule has 0 aliphatic rings. The van der Waals surface area contributed by atoms with E-state index in [4.69, 9.17) is 21.1 Å². The Morgan fingerprint density at radius 1 is 1.06 bits per heavy atom. The lowest BCUT2D eigenvalue weighted by atomic mass is 9.93. The van der Waals surface area contributed by atoms with Gasteiger partial charge in [0.2, 0.25) is 0 Å². The van der Waals surface area contributed by atoms with Crippen LogP contribution in [0.25, 0.3) is 22.0 Å². The van der Waals surface area contributed by atoms with Crippen LogP contribution in [0.3, 0.4) is 0 Å². The largest absolute Gasteiger partial charge is 0.496 e. The summed E-state index contributed by atoms with van der Waals surface area (Å²) in [5, 5.41) is 14.5. The normalized spacial score (nSPS) is 10.8. The average molecular weight is 462 g/mol. The number of aryl methyl sites for hydroxylation is 2. The van der Waals surface area contributed by atoms with E-state index in [1.165, 1.54) is 0 Å². The lowest BCUT2D eigenvalue weighted by Gasteiger charge is -2.18. The SMILES string of the molecule is CCOC(=O)c1c(C)cc2c(-c3ccccc3OC)nnc(Nc3ccccc3Cl)c2c1C. The summed E-state index contributed by atoms with van der Waals surface area (Å²) in [6.45, 7) is 5.88. The Morgan fingerprint density at radius 3 is 2.52 bits per heavy atom. The molecular weight excluding hydrogens is 438 g/mol. The first-order valence-corrected chi connectivity index (χ1v) is 11.0. The highest BCUT2D eigenvalue weighted by Gasteiger charge is 2.23. The van der Waals surface area contributed by atoms with Gasteiger partial charge in [-0.3, -0.25) is 0 Å². The quantitative estimate of drug-likeness (QED) is 0.330. The van der Waals surface area contributed by atoms with Gasteiger partial charge in [0.15, 0.2) is 5.82 Å². The van der Waals surface area contributed by atoms with Gasteiger partial charge in [-0.15, -0.1) is 10.2 Å². The number of benzene rings is 3. The lowest BCUT2D eigenvalue weighted by Crippen LogP contribution is -2.11. The fraction of sp³-hybridized carbons (Fsp3) is 0.192. The average Bonchev–Trinajstić information content (AvgIpc) is 2.80. The van der Waals surface area contributed by atoms with Crippen LogP contribution in [0, 0.1) is 13.8 Å². The molecule has 0 saturated carbocycles. The first-order chi connectivity index (χ1) is 16.0. The van der Waals surface area contributed by atoms with E-state index in [0.29, 0.717) is 40.1 Å². The molecule has 0 aliphatic heterocycles. The predicted octanol–water partition coefficient (Wildman–Crippen LogP) is 6.50. The van der Waals surface area contributed by atoms with Crippen molar-refractivity contribution in [3.05, 3.63) is 76.3 Å². The molecule has 168 valence electrons. The first kappa shape index (κ1) is 22.6. The minimum absolute atomic E-state index is 0.293. The van der Waals surface area contributed by atoms with E-state index in [1.807, 2.05) is 62.4 Å². The van der Waals surface area contributed by atoms with E-state index in [2.05, 4.69) is 15.5 Å². The molecule has 0 fully saturated rings. The van der Waals surface area contributed by atoms with E-state index in [-0.39, 0.29) is 5.97 Å². The van der Waals surface area contributed by atoms with Crippen molar-refractivity contribution in [2.45, 2.75) is 20.8 Å². The number of halogens is 1. The zero-order chi connectivity index (χ0) is 23.5. The number of esters is 1. The van der Waals surface area contributed by atoms with Crippen molar-refractivity contribution < 1.29 is 14.3 Å². The number of hydrogen-bond acceptors (Lipinski definition) is 6. The van der Waals surface area contributed by atoms with Crippen LogP contribution in [0.2, 0.25) is 5.02 Å². The minimum Gasteiger partial charge on any atom is -0.496 e. The van der Waals surface area contributed by atoms with Crippen LogP contribution in [0.15, 0.2) is 54.6 Å². The third-order valence-electron chi connectivity index (χ3n) is 5.49. The Morgan fingerprint density at radius 2 is 1.79 bits per heavy atom. The second-order valence-corrected chi connectivity index (χ2v) is 7.95. The number of rotatable bonds is 6. The van der Waals surface area contributed by atoms with Crippen LogP contribution in [-0.4, -0.2) is 29.9 Å². The Balaban J connectivity index is 2.03. The number of fused-ring (bicyclic) bond motifs is 1. The first-order valence-electron chi connectivity index (χ1n) is 10.6. The molecule has 1 heterocycles. The van der Waals surface area contributed by atoms with Crippen LogP contribution >= 0.6 is 11.6 Å². The molecule has 33 heavy (non-hydrogen) atoms. The number of para-hydroxylation sites is 2. The fourth-order valence-corrected chi connectivity index (χ4v) is 4.20. The fourth-order valence-electron chi connectivity index (χ4n) is 4.01. The lowest BCUT2D eigenvalue weighted by molar-refractivity contribution is 0.0525. The van der Waals surface area contributed by atoms with Crippen molar-refractivity contribution in [1.29, 1.82) is 0 Å². The predicted molar refractivity (Wildman–Crippen MR) is 132 cm³/mol. The molecule has 1 aromatic heterocycles. The van der Waals surface area contributed by atoms with Crippen molar-refractivity contribution in [2.75, 3.05) is 19.0 Å². The van der Waals surface area contributed by atoms with Gasteiger partial charge in [0.05, 0.1) is 30.0 Å². The molecule has 6 nitrogen and oxygen atoms in total. The summed E-state index contributed by atoms with van der Waals surface area (Å²) in [5.41, 5.74) is 4.23. The van der Waals surface area contributed by atoms with Crippen LogP contribution in [0.5, 0.6) is 5.75 Å². The van der Waals surface area contributed by atoms with Crippen LogP contribution in [-0.2, 0) is 4.74 Å². The molecule has 3 aromatic carbocycles. The molecule has 7 heteroatoms. The number of ether oxygens (including phenoxy) is 2. The standard InChI is InChI=1S/C26H24ClN3O3/c1-5-33-26(31)22-15(2)14-18-23(16(22)3)25(28-20-12-8-7-11-19(20)27)30-29-24(18)17-10-6-9-13-21(17)32-4/h6-14H,5H2,1-4H3,(H,28,30). The molecule has 0 unspecified atom stereocenters. The third kappa shape index (κ3) is 4.22. The summed E-state index contributed by atoms with van der Waals surface area (Å²) in [7, 11) is 1.62. The van der Waals surface area contributed by atoms with Gasteiger partial charge >= 0.3 is 5.97 Å². The highest BCUT2D eigenvalue weighted by atomic mass is 35.5. The zero-order valence-corrected chi connectivity index (χ0v) is 19.7. The summed E-state index contributed by atoms with van der Waals surface area (Å²) >= 11 is 6.38. The van der Waals surface area contributed by atoms with Crippen molar-refractivity contribution >= 4 is 39.8 Å². The number of aromatic nitrogens is 2. The summed E-state index contributed by atoms with van der Waals surface area (Å²) < 4.78 is 10.9. The van der Waals surface area contributed by atoms with Gasteiger partial charge in [0, 0.05) is 16.3 Å². The van der Waals surface area contributed by atoms with E-state index in [0.717, 1.165) is 27.5 Å². The number of hydrogen-bond donors (Lipinski definition) is 1. The molecule has 0 amide bonds. The maximum absolute atomic E-state index is 12.8. The van der Waals surface area contributed by atoms with Crippen molar-refractivity contribution in [1.82, 2.24) is 10.2 Å². The topological polar surface area (TPSA) is 73.3 Å². The monoisotopic (exact) mass is 461 g/mol. The summed E-state index contributed by atoms with van der Waals surface area (Å²) in [5.74, 6) is 0.818. The number of anilines is 2. The van der Waals surface area contributed by atoms with Gasteiger partial charge in [0.25, 0.3) is 0 Å². The van der Waals surface area contributed by atoms with Gasteiger partial charge < -0.3 is 14.8 Å². The summed E-state index contributed by atoms with van der Waals surface area (Å²) in [6, 6.07) is 17.0. The van der Waals surface area contributed by atoms with E-state index >= 15 is 0 Å². The Bertz CT molecular complexity index is 1350. The molecule has 4 rings (SSSR count). The smallest absolute Gasteiger partial charge is 0.338 e. The number of nitrogens with zero attached hydrogens (tertiary/aromatic N) is 2. The summed E-state index contributed by atoms with van der Waals surface area (Å²) in [4.78, 5) is 12.8. The van der Waals surface area contributed by atoms with E-state index in [9.17, 15) is 4.79 Å². The van der Waals surface area contributed by atoms with Gasteiger partial charge in [-0.2, -0.15) is 0 Å². The third-order valence-corrected chi connectivity index (χ3v) is 5.81. The molecule has 1 N–H and O–H groups in total. The van der Waals surface area contributed by atoms with Crippen LogP contribution < -0.4 is 10.1 Å². The van der Waals surface area contributed by atoms with Gasteiger partial charge in [-0.25, -0.2) is 4.79 Å². The van der Waals surface area contributed by atoms with Gasteiger partial charge in [-0.1, -0.05) is 35.9 Å². The molecule has 0 atom stereocenters. The molecule has 0 bridgehead atoms. The minimum atomic E-state index is -0.367. The summed E-state index contributed by atoms with van der Waals surface area (Å²) in [6.07, 6.45) is 0. The Kier molecular flexibility index (Phi) is 6.47. The molecule has 0 radical (unpaired) electrons. The molecular formula is C26H24ClN3O3. The zero-order valence-electron chi connectivity index (χ0n) is 18.9. The number of nitrogens with one attached hydrogen (secondary N) is 1. The number of carbonyl (C=O) groups excluding carboxylic acids is 1. The van der Waals surface area contributed by atoms with Gasteiger partial charge in [-0.05, 0) is 62.2 Å². The van der Waals surface area contributed by atoms with Crippen molar-refractivity contribution in [3.8, 4) is 17.0 Å². The maximum Gasteiger partial charge on any atom is 0.338 e. The number of methoxy groups -OCH3 is 1. The van der Waals surface area contributed by atoms with E-state index in [1.54, 1.807) is 20.1 Å². The Hall–Kier alpha value is -3.64. The second-order valence-electron chi connectivity index (χ2n) is 7.54. The van der Waals surface area contributed by atoms with Crippen molar-refractivity contribution in [3.63, 3.8) is 0 Å². The van der Waals surface area contributed by atoms with Crippen molar-refractivity contribution in [2.24, 2.45) is 0 Å². The maximum atomic E-state index is 12.8. The molecule has 0 saturated heterocycles. The van der Waals surface area contributed by atoms with E-state index < -0.39 is 0 Å². The molecule has 0 spiro atoms. The highest BCUT2D eigenvalue weighted by molar-refractivity contribution is 6.33. The van der Waals surface area contributed by atoms with Crippen LogP contribution in [0.4, 0.5) is 11.5 Å². The van der Waals surface area contributed by atoms with Gasteiger partial charge in [0.1, 0.15) is 11.4 Å².